The lowest BCUT2D eigenvalue weighted by Gasteiger charge is -2.13. The van der Waals surface area contributed by atoms with E-state index in [1.165, 1.54) is 0 Å². The van der Waals surface area contributed by atoms with Gasteiger partial charge in [-0.05, 0) is 17.5 Å². The van der Waals surface area contributed by atoms with Crippen LogP contribution in [0.3, 0.4) is 0 Å². The van der Waals surface area contributed by atoms with Crippen LogP contribution < -0.4 is 16.4 Å². The van der Waals surface area contributed by atoms with Crippen molar-refractivity contribution in [2.45, 2.75) is 19.8 Å². The molecule has 0 saturated heterocycles. The van der Waals surface area contributed by atoms with Gasteiger partial charge in [0.05, 0.1) is 13.1 Å². The van der Waals surface area contributed by atoms with Crippen molar-refractivity contribution in [3.05, 3.63) is 29.8 Å². The number of amides is 2. The van der Waals surface area contributed by atoms with E-state index in [0.29, 0.717) is 5.92 Å². The van der Waals surface area contributed by atoms with Crippen LogP contribution in [0.2, 0.25) is 0 Å². The predicted octanol–water partition coefficient (Wildman–Crippen LogP) is 1.25. The largest absolute Gasteiger partial charge is 0.346 e. The summed E-state index contributed by atoms with van der Waals surface area (Å²) in [4.78, 5) is 22.6. The Balaban J connectivity index is 0.00000324. The SMILES string of the molecule is CC(C)c1ccccc1NC(=O)CNC(=O)CN.Cl. The highest BCUT2D eigenvalue weighted by atomic mass is 35.5. The van der Waals surface area contributed by atoms with Crippen molar-refractivity contribution in [3.63, 3.8) is 0 Å². The average molecular weight is 286 g/mol. The van der Waals surface area contributed by atoms with Crippen LogP contribution in [0.25, 0.3) is 0 Å². The number of benzene rings is 1. The Labute approximate surface area is 119 Å². The Morgan fingerprint density at radius 2 is 1.84 bits per heavy atom. The van der Waals surface area contributed by atoms with Crippen LogP contribution in [0.1, 0.15) is 25.3 Å². The minimum atomic E-state index is -0.345. The predicted molar refractivity (Wildman–Crippen MR) is 78.5 cm³/mol. The summed E-state index contributed by atoms with van der Waals surface area (Å²) in [6.07, 6.45) is 0. The molecule has 0 heterocycles. The molecular formula is C13H20ClN3O2. The molecule has 6 heteroatoms. The summed E-state index contributed by atoms with van der Waals surface area (Å²) in [6.45, 7) is 3.93. The van der Waals surface area contributed by atoms with Crippen molar-refractivity contribution >= 4 is 29.9 Å². The Hall–Kier alpha value is -1.59. The smallest absolute Gasteiger partial charge is 0.243 e. The van der Waals surface area contributed by atoms with Crippen molar-refractivity contribution in [1.29, 1.82) is 0 Å². The highest BCUT2D eigenvalue weighted by molar-refractivity contribution is 5.95. The van der Waals surface area contributed by atoms with Gasteiger partial charge < -0.3 is 16.4 Å². The maximum Gasteiger partial charge on any atom is 0.243 e. The summed E-state index contributed by atoms with van der Waals surface area (Å²) in [5.41, 5.74) is 6.97. The lowest BCUT2D eigenvalue weighted by Crippen LogP contribution is -2.36. The highest BCUT2D eigenvalue weighted by Crippen LogP contribution is 2.23. The summed E-state index contributed by atoms with van der Waals surface area (Å²) in [7, 11) is 0. The molecule has 0 saturated carbocycles. The molecule has 1 rings (SSSR count). The van der Waals surface area contributed by atoms with Gasteiger partial charge in [-0.3, -0.25) is 9.59 Å². The molecule has 0 unspecified atom stereocenters. The number of halogens is 1. The number of rotatable bonds is 5. The third kappa shape index (κ3) is 5.72. The van der Waals surface area contributed by atoms with Crippen LogP contribution in [0.15, 0.2) is 24.3 Å². The van der Waals surface area contributed by atoms with E-state index in [-0.39, 0.29) is 37.3 Å². The highest BCUT2D eigenvalue weighted by Gasteiger charge is 2.09. The van der Waals surface area contributed by atoms with E-state index < -0.39 is 0 Å². The van der Waals surface area contributed by atoms with Gasteiger partial charge in [-0.15, -0.1) is 12.4 Å². The number of hydrogen-bond acceptors (Lipinski definition) is 3. The van der Waals surface area contributed by atoms with Crippen molar-refractivity contribution in [2.24, 2.45) is 5.73 Å². The molecule has 0 spiro atoms. The molecule has 4 N–H and O–H groups in total. The molecule has 0 atom stereocenters. The lowest BCUT2D eigenvalue weighted by atomic mass is 10.0. The first-order valence-corrected chi connectivity index (χ1v) is 5.90. The quantitative estimate of drug-likeness (QED) is 0.761. The van der Waals surface area contributed by atoms with Crippen LogP contribution in [-0.2, 0) is 9.59 Å². The van der Waals surface area contributed by atoms with E-state index in [1.807, 2.05) is 24.3 Å². The molecule has 0 radical (unpaired) electrons. The number of para-hydroxylation sites is 1. The zero-order chi connectivity index (χ0) is 13.5. The van der Waals surface area contributed by atoms with Gasteiger partial charge in [0.15, 0.2) is 0 Å². The number of nitrogens with one attached hydrogen (secondary N) is 2. The maximum atomic E-state index is 11.6. The van der Waals surface area contributed by atoms with Gasteiger partial charge in [-0.1, -0.05) is 32.0 Å². The van der Waals surface area contributed by atoms with Gasteiger partial charge in [-0.2, -0.15) is 0 Å². The fraction of sp³-hybridized carbons (Fsp3) is 0.385. The Kier molecular flexibility index (Phi) is 7.79. The normalized spacial score (nSPS) is 9.68. The van der Waals surface area contributed by atoms with Crippen LogP contribution in [0.5, 0.6) is 0 Å². The van der Waals surface area contributed by atoms with E-state index in [9.17, 15) is 9.59 Å². The van der Waals surface area contributed by atoms with Gasteiger partial charge in [-0.25, -0.2) is 0 Å². The topological polar surface area (TPSA) is 84.2 Å². The van der Waals surface area contributed by atoms with Gasteiger partial charge >= 0.3 is 0 Å². The second-order valence-corrected chi connectivity index (χ2v) is 4.27. The van der Waals surface area contributed by atoms with Crippen LogP contribution >= 0.6 is 12.4 Å². The first-order chi connectivity index (χ1) is 8.54. The number of anilines is 1. The third-order valence-corrected chi connectivity index (χ3v) is 2.49. The summed E-state index contributed by atoms with van der Waals surface area (Å²) >= 11 is 0. The number of hydrogen-bond donors (Lipinski definition) is 3. The molecule has 5 nitrogen and oxygen atoms in total. The van der Waals surface area contributed by atoms with E-state index in [4.69, 9.17) is 5.73 Å². The molecule has 1 aromatic rings. The molecule has 0 fully saturated rings. The molecule has 0 aliphatic rings. The second-order valence-electron chi connectivity index (χ2n) is 4.27. The molecule has 19 heavy (non-hydrogen) atoms. The third-order valence-electron chi connectivity index (χ3n) is 2.49. The Bertz CT molecular complexity index is 436. The van der Waals surface area contributed by atoms with Gasteiger partial charge in [0, 0.05) is 5.69 Å². The lowest BCUT2D eigenvalue weighted by molar-refractivity contribution is -0.123. The molecular weight excluding hydrogens is 266 g/mol. The summed E-state index contributed by atoms with van der Waals surface area (Å²) in [6, 6.07) is 7.61. The molecule has 2 amide bonds. The fourth-order valence-electron chi connectivity index (χ4n) is 1.56. The van der Waals surface area contributed by atoms with E-state index in [1.54, 1.807) is 0 Å². The molecule has 0 aliphatic carbocycles. The zero-order valence-corrected chi connectivity index (χ0v) is 11.9. The first kappa shape index (κ1) is 17.4. The number of carbonyl (C=O) groups excluding carboxylic acids is 2. The van der Waals surface area contributed by atoms with Gasteiger partial charge in [0.2, 0.25) is 11.8 Å². The van der Waals surface area contributed by atoms with Gasteiger partial charge in [0.1, 0.15) is 0 Å². The number of carbonyl (C=O) groups is 2. The standard InChI is InChI=1S/C13H19N3O2.ClH/c1-9(2)10-5-3-4-6-11(10)16-13(18)8-15-12(17)7-14;/h3-6,9H,7-8,14H2,1-2H3,(H,15,17)(H,16,18);1H. The molecule has 1 aromatic carbocycles. The number of nitrogens with two attached hydrogens (primary N) is 1. The van der Waals surface area contributed by atoms with Crippen LogP contribution in [0.4, 0.5) is 5.69 Å². The second kappa shape index (κ2) is 8.50. The van der Waals surface area contributed by atoms with E-state index in [2.05, 4.69) is 24.5 Å². The van der Waals surface area contributed by atoms with Crippen molar-refractivity contribution in [3.8, 4) is 0 Å². The molecule has 0 bridgehead atoms. The fourth-order valence-corrected chi connectivity index (χ4v) is 1.56. The maximum absolute atomic E-state index is 11.6. The molecule has 0 aliphatic heterocycles. The van der Waals surface area contributed by atoms with Crippen LogP contribution in [0, 0.1) is 0 Å². The summed E-state index contributed by atoms with van der Waals surface area (Å²) in [5.74, 6) is -0.285. The Morgan fingerprint density at radius 3 is 2.42 bits per heavy atom. The first-order valence-electron chi connectivity index (χ1n) is 5.90. The minimum Gasteiger partial charge on any atom is -0.346 e. The monoisotopic (exact) mass is 285 g/mol. The molecule has 106 valence electrons. The van der Waals surface area contributed by atoms with Crippen LogP contribution in [-0.4, -0.2) is 24.9 Å². The molecule has 0 aromatic heterocycles. The van der Waals surface area contributed by atoms with Crippen molar-refractivity contribution in [1.82, 2.24) is 5.32 Å². The van der Waals surface area contributed by atoms with Gasteiger partial charge in [0.25, 0.3) is 0 Å². The Morgan fingerprint density at radius 1 is 1.21 bits per heavy atom. The zero-order valence-electron chi connectivity index (χ0n) is 11.1. The minimum absolute atomic E-state index is 0. The van der Waals surface area contributed by atoms with Crippen molar-refractivity contribution in [2.75, 3.05) is 18.4 Å². The van der Waals surface area contributed by atoms with E-state index >= 15 is 0 Å². The summed E-state index contributed by atoms with van der Waals surface area (Å²) in [5, 5.41) is 5.20. The van der Waals surface area contributed by atoms with E-state index in [0.717, 1.165) is 11.3 Å². The van der Waals surface area contributed by atoms with Crippen molar-refractivity contribution < 1.29 is 9.59 Å². The summed E-state index contributed by atoms with van der Waals surface area (Å²) < 4.78 is 0. The average Bonchev–Trinajstić information content (AvgIpc) is 2.36.